The first-order valence-electron chi connectivity index (χ1n) is 5.98. The van der Waals surface area contributed by atoms with Gasteiger partial charge in [-0.15, -0.1) is 521 Å². The molecule has 0 spiro atoms. The van der Waals surface area contributed by atoms with Gasteiger partial charge in [-0.25, -0.2) is 0 Å². The lowest BCUT2D eigenvalue weighted by molar-refractivity contribution is 1.48. The minimum atomic E-state index is 0. The first kappa shape index (κ1) is 373. The Kier molecular flexibility index (Phi) is 1540. The zero-order chi connectivity index (χ0) is 12.2. The van der Waals surface area contributed by atoms with Crippen molar-refractivity contribution in [2.75, 3.05) is 0 Å². The van der Waals surface area contributed by atoms with Crippen LogP contribution in [0.15, 0.2) is 73.1 Å². The van der Waals surface area contributed by atoms with Crippen molar-refractivity contribution in [2.45, 2.75) is 0 Å². The van der Waals surface area contributed by atoms with Gasteiger partial charge in [-0.2, -0.15) is 0 Å². The molecule has 0 fully saturated rings. The number of hydrogen-bond acceptors (Lipinski definition) is 0. The lowest BCUT2D eigenvalue weighted by Crippen LogP contribution is -1.61. The first-order valence-corrected chi connectivity index (χ1v) is 5.98. The van der Waals surface area contributed by atoms with Gasteiger partial charge in [0, 0.05) is 23.4 Å². The molecule has 2 aromatic heterocycles. The Bertz CT molecular complexity index is 676. The maximum atomic E-state index is 3.12. The standard InChI is InChI=1S/2C8H7N.42ClH/c2*1-2-4-8-7(3-1)5-6-9-8;;;;;;;;;;;;;;;;;;;;;;;;;;;;;;;;;;;;;;;;;;/h2*1-6,9H;42*1H. The van der Waals surface area contributed by atoms with E-state index in [2.05, 4.69) is 46.4 Å². The van der Waals surface area contributed by atoms with E-state index in [1.165, 1.54) is 21.8 Å². The molecule has 2 heterocycles. The lowest BCUT2D eigenvalue weighted by atomic mass is 10.3. The third-order valence-electron chi connectivity index (χ3n) is 2.93. The quantitative estimate of drug-likeness (QED) is 0.176. The van der Waals surface area contributed by atoms with E-state index in [1.54, 1.807) is 0 Å². The number of aromatic amines is 2. The summed E-state index contributed by atoms with van der Waals surface area (Å²) in [6.45, 7) is 0. The minimum Gasteiger partial charge on any atom is -0.361 e. The molecule has 0 radical (unpaired) electrons. The summed E-state index contributed by atoms with van der Waals surface area (Å²) >= 11 is 0. The van der Waals surface area contributed by atoms with Crippen LogP contribution < -0.4 is 0 Å². The molecule has 0 bridgehead atoms. The Morgan fingerprint density at radius 1 is 0.167 bits per heavy atom. The lowest BCUT2D eigenvalue weighted by Gasteiger charge is -1.83. The summed E-state index contributed by atoms with van der Waals surface area (Å²) in [6, 6.07) is 20.6. The predicted molar refractivity (Wildman–Crippen MR) is 381 cm³/mol. The molecule has 44 heteroatoms. The van der Waals surface area contributed by atoms with Crippen molar-refractivity contribution < 1.29 is 0 Å². The zero-order valence-electron chi connectivity index (χ0n) is 27.1. The Labute approximate surface area is 616 Å². The smallest absolute Gasteiger partial charge is 0.0453 e. The molecule has 0 aliphatic rings. The molecule has 2 nitrogen and oxygen atoms in total. The van der Waals surface area contributed by atoms with Crippen LogP contribution in [-0.2, 0) is 0 Å². The molecule has 424 valence electrons. The summed E-state index contributed by atoms with van der Waals surface area (Å²) in [7, 11) is 0. The zero-order valence-corrected chi connectivity index (χ0v) is 61.4. The van der Waals surface area contributed by atoms with Crippen LogP contribution in [-0.4, -0.2) is 9.97 Å². The molecule has 0 saturated carbocycles. The third kappa shape index (κ3) is 158. The fourth-order valence-corrected chi connectivity index (χ4v) is 1.99. The van der Waals surface area contributed by atoms with Gasteiger partial charge in [0.15, 0.2) is 0 Å². The second-order valence-electron chi connectivity index (χ2n) is 4.13. The highest BCUT2D eigenvalue weighted by atomic mass is 35.5. The summed E-state index contributed by atoms with van der Waals surface area (Å²) in [4.78, 5) is 6.24. The second kappa shape index (κ2) is 247. The molecule has 2 aromatic carbocycles. The first-order chi connectivity index (χ1) is 8.93. The van der Waals surface area contributed by atoms with E-state index in [4.69, 9.17) is 0 Å². The van der Waals surface area contributed by atoms with Gasteiger partial charge in [0.2, 0.25) is 0 Å². The van der Waals surface area contributed by atoms with Crippen molar-refractivity contribution in [3.8, 4) is 0 Å². The van der Waals surface area contributed by atoms with Crippen molar-refractivity contribution in [1.29, 1.82) is 0 Å². The maximum absolute atomic E-state index is 3.12. The molecule has 0 aliphatic carbocycles. The van der Waals surface area contributed by atoms with Crippen molar-refractivity contribution in [3.05, 3.63) is 73.1 Å². The van der Waals surface area contributed by atoms with Gasteiger partial charge in [0.25, 0.3) is 0 Å². The molecule has 0 aliphatic heterocycles. The molecule has 0 amide bonds. The molecule has 4 rings (SSSR count). The fraction of sp³-hybridized carbons (Fsp3) is 0. The Morgan fingerprint density at radius 3 is 0.433 bits per heavy atom. The molecular weight excluding hydrogens is 1710 g/mol. The number of nitrogens with one attached hydrogen (secondary N) is 2. The molecular formula is C16H56Cl42N2. The Morgan fingerprint density at radius 2 is 0.300 bits per heavy atom. The highest BCUT2D eigenvalue weighted by molar-refractivity contribution is 5.90. The van der Waals surface area contributed by atoms with Gasteiger partial charge in [0.1, 0.15) is 0 Å². The van der Waals surface area contributed by atoms with Crippen molar-refractivity contribution in [1.82, 2.24) is 9.97 Å². The van der Waals surface area contributed by atoms with E-state index in [1.807, 2.05) is 36.7 Å². The molecule has 2 N–H and O–H groups in total. The Hall–Kier alpha value is 9.70. The molecule has 0 unspecified atom stereocenters. The number of rotatable bonds is 0. The van der Waals surface area contributed by atoms with E-state index in [-0.39, 0.29) is 521 Å². The van der Waals surface area contributed by atoms with Crippen LogP contribution in [0.25, 0.3) is 21.8 Å². The van der Waals surface area contributed by atoms with Gasteiger partial charge in [-0.3, -0.25) is 0 Å². The number of para-hydroxylation sites is 2. The number of fused-ring (bicyclic) bond motifs is 2. The van der Waals surface area contributed by atoms with Gasteiger partial charge in [0.05, 0.1) is 0 Å². The third-order valence-corrected chi connectivity index (χ3v) is 2.93. The van der Waals surface area contributed by atoms with Crippen molar-refractivity contribution in [2.24, 2.45) is 0 Å². The minimum absolute atomic E-state index is 0. The largest absolute Gasteiger partial charge is 0.361 e. The van der Waals surface area contributed by atoms with Crippen molar-refractivity contribution >= 4 is 543 Å². The summed E-state index contributed by atoms with van der Waals surface area (Å²) in [5, 5.41) is 2.55. The van der Waals surface area contributed by atoms with Crippen LogP contribution >= 0.6 is 521 Å². The normalized spacial score (nSPS) is 3.07. The average molecular weight is 1770 g/mol. The number of H-pyrrole nitrogens is 2. The van der Waals surface area contributed by atoms with Crippen molar-refractivity contribution in [3.63, 3.8) is 0 Å². The van der Waals surface area contributed by atoms with Gasteiger partial charge in [-0.1, -0.05) is 36.4 Å². The number of benzene rings is 2. The van der Waals surface area contributed by atoms with Crippen LogP contribution in [0.5, 0.6) is 0 Å². The van der Waals surface area contributed by atoms with Crippen LogP contribution in [0, 0.1) is 0 Å². The molecule has 4 aromatic rings. The van der Waals surface area contributed by atoms with E-state index in [0.29, 0.717) is 0 Å². The van der Waals surface area contributed by atoms with Crippen LogP contribution in [0.1, 0.15) is 0 Å². The van der Waals surface area contributed by atoms with E-state index in [0.717, 1.165) is 0 Å². The average Bonchev–Trinajstić information content (AvgIpc) is 3.08. The van der Waals surface area contributed by atoms with Gasteiger partial charge in [-0.05, 0) is 35.0 Å². The Balaban J connectivity index is -0.00000000206. The predicted octanol–water partition coefficient (Wildman–Crippen LogP) is 22.1. The topological polar surface area (TPSA) is 31.6 Å². The maximum Gasteiger partial charge on any atom is 0.0453 e. The molecule has 0 atom stereocenters. The van der Waals surface area contributed by atoms with Gasteiger partial charge >= 0.3 is 0 Å². The number of halogens is 42. The highest BCUT2D eigenvalue weighted by Crippen LogP contribution is 2.09. The van der Waals surface area contributed by atoms with Gasteiger partial charge < -0.3 is 9.97 Å². The summed E-state index contributed by atoms with van der Waals surface area (Å²) in [5.41, 5.74) is 2.41. The SMILES string of the molecule is Cl.Cl.Cl.Cl.Cl.Cl.Cl.Cl.Cl.Cl.Cl.Cl.Cl.Cl.Cl.Cl.Cl.Cl.Cl.Cl.Cl.Cl.Cl.Cl.Cl.Cl.Cl.Cl.Cl.Cl.Cl.Cl.Cl.Cl.Cl.Cl.Cl.Cl.Cl.Cl.Cl.Cl.c1ccc2[nH]ccc2c1.c1ccc2[nH]ccc2c1. The van der Waals surface area contributed by atoms with E-state index in [9.17, 15) is 0 Å². The number of aromatic nitrogens is 2. The monoisotopic (exact) mass is 1750 g/mol. The second-order valence-corrected chi connectivity index (χ2v) is 4.13. The van der Waals surface area contributed by atoms with Crippen LogP contribution in [0.2, 0.25) is 0 Å². The number of hydrogen-bond donors (Lipinski definition) is 2. The highest BCUT2D eigenvalue weighted by Gasteiger charge is 1.87. The fourth-order valence-electron chi connectivity index (χ4n) is 1.99. The molecule has 0 saturated heterocycles. The summed E-state index contributed by atoms with van der Waals surface area (Å²) in [5.74, 6) is 0. The molecule has 60 heavy (non-hydrogen) atoms. The van der Waals surface area contributed by atoms with Crippen LogP contribution in [0.3, 0.4) is 0 Å². The summed E-state index contributed by atoms with van der Waals surface area (Å²) < 4.78 is 0. The van der Waals surface area contributed by atoms with Crippen LogP contribution in [0.4, 0.5) is 0 Å². The van der Waals surface area contributed by atoms with E-state index >= 15 is 0 Å². The van der Waals surface area contributed by atoms with E-state index < -0.39 is 0 Å². The summed E-state index contributed by atoms with van der Waals surface area (Å²) in [6.07, 6.45) is 3.90.